The van der Waals surface area contributed by atoms with Crippen LogP contribution in [-0.2, 0) is 16.4 Å². The predicted molar refractivity (Wildman–Crippen MR) is 120 cm³/mol. The Morgan fingerprint density at radius 2 is 1.83 bits per heavy atom. The summed E-state index contributed by atoms with van der Waals surface area (Å²) in [5.41, 5.74) is 3.38. The van der Waals surface area contributed by atoms with Gasteiger partial charge in [-0.25, -0.2) is 8.42 Å². The van der Waals surface area contributed by atoms with Crippen LogP contribution in [0.5, 0.6) is 0 Å². The van der Waals surface area contributed by atoms with Crippen molar-refractivity contribution in [2.24, 2.45) is 0 Å². The molecule has 1 amide bonds. The molecule has 0 radical (unpaired) electrons. The van der Waals surface area contributed by atoms with Gasteiger partial charge < -0.3 is 5.32 Å². The first-order valence-corrected chi connectivity index (χ1v) is 11.4. The van der Waals surface area contributed by atoms with E-state index < -0.39 is 15.9 Å². The molecule has 0 aliphatic carbocycles. The fourth-order valence-electron chi connectivity index (χ4n) is 3.73. The van der Waals surface area contributed by atoms with E-state index in [2.05, 4.69) is 5.32 Å². The average molecular weight is 441 g/mol. The van der Waals surface area contributed by atoms with Crippen molar-refractivity contribution >= 4 is 38.9 Å². The summed E-state index contributed by atoms with van der Waals surface area (Å²) in [4.78, 5) is 12.8. The number of carbonyl (C=O) groups is 1. The van der Waals surface area contributed by atoms with Gasteiger partial charge in [0.25, 0.3) is 15.9 Å². The zero-order valence-electron chi connectivity index (χ0n) is 16.6. The van der Waals surface area contributed by atoms with E-state index in [4.69, 9.17) is 11.6 Å². The van der Waals surface area contributed by atoms with Crippen LogP contribution in [0.25, 0.3) is 0 Å². The number of halogens is 1. The second-order valence-corrected chi connectivity index (χ2v) is 9.67. The Balaban J connectivity index is 1.65. The maximum absolute atomic E-state index is 13.4. The highest BCUT2D eigenvalue weighted by Gasteiger charge is 2.36. The van der Waals surface area contributed by atoms with Crippen molar-refractivity contribution in [3.8, 4) is 0 Å². The molecule has 3 aromatic carbocycles. The average Bonchev–Trinajstić information content (AvgIpc) is 3.06. The minimum atomic E-state index is -3.82. The van der Waals surface area contributed by atoms with Crippen molar-refractivity contribution < 1.29 is 13.2 Å². The van der Waals surface area contributed by atoms with Crippen LogP contribution in [-0.4, -0.2) is 20.4 Å². The number of para-hydroxylation sites is 1. The highest BCUT2D eigenvalue weighted by Crippen LogP contribution is 2.36. The third kappa shape index (κ3) is 3.68. The topological polar surface area (TPSA) is 66.5 Å². The number of carbonyl (C=O) groups excluding carboxylic acids is 1. The summed E-state index contributed by atoms with van der Waals surface area (Å²) in [5, 5.41) is 3.17. The molecule has 1 atom stereocenters. The third-order valence-electron chi connectivity index (χ3n) is 5.17. The van der Waals surface area contributed by atoms with Crippen molar-refractivity contribution in [1.82, 2.24) is 0 Å². The maximum Gasteiger partial charge on any atom is 0.264 e. The molecule has 0 aromatic heterocycles. The molecule has 0 saturated heterocycles. The Bertz CT molecular complexity index is 1240. The fraction of sp³-hybridized carbons (Fsp3) is 0.174. The van der Waals surface area contributed by atoms with Crippen LogP contribution >= 0.6 is 11.6 Å². The Labute approximate surface area is 181 Å². The lowest BCUT2D eigenvalue weighted by Gasteiger charge is -2.24. The smallest absolute Gasteiger partial charge is 0.264 e. The fourth-order valence-corrected chi connectivity index (χ4v) is 5.75. The number of rotatable bonds is 4. The minimum absolute atomic E-state index is 0.0775. The van der Waals surface area contributed by atoms with Crippen LogP contribution in [0.2, 0.25) is 5.02 Å². The molecule has 0 bridgehead atoms. The van der Waals surface area contributed by atoms with Gasteiger partial charge in [0.05, 0.1) is 21.3 Å². The Kier molecular flexibility index (Phi) is 5.30. The van der Waals surface area contributed by atoms with Crippen LogP contribution in [0.4, 0.5) is 11.4 Å². The second kappa shape index (κ2) is 7.78. The summed E-state index contributed by atoms with van der Waals surface area (Å²) in [5.74, 6) is -0.423. The summed E-state index contributed by atoms with van der Waals surface area (Å²) in [6.45, 7) is 3.79. The lowest BCUT2D eigenvalue weighted by molar-refractivity contribution is 0.102. The van der Waals surface area contributed by atoms with Gasteiger partial charge in [-0.05, 0) is 67.8 Å². The van der Waals surface area contributed by atoms with E-state index in [1.54, 1.807) is 24.3 Å². The van der Waals surface area contributed by atoms with E-state index >= 15 is 0 Å². The number of hydrogen-bond donors (Lipinski definition) is 1. The molecule has 5 nitrogen and oxygen atoms in total. The first-order chi connectivity index (χ1) is 14.3. The van der Waals surface area contributed by atoms with E-state index in [-0.39, 0.29) is 16.5 Å². The molecule has 0 saturated carbocycles. The highest BCUT2D eigenvalue weighted by atomic mass is 35.5. The Morgan fingerprint density at radius 3 is 2.60 bits per heavy atom. The quantitative estimate of drug-likeness (QED) is 0.618. The summed E-state index contributed by atoms with van der Waals surface area (Å²) >= 11 is 6.20. The van der Waals surface area contributed by atoms with Gasteiger partial charge in [0, 0.05) is 11.6 Å². The van der Waals surface area contributed by atoms with E-state index in [0.717, 1.165) is 11.1 Å². The number of sulfonamides is 1. The van der Waals surface area contributed by atoms with E-state index in [9.17, 15) is 13.2 Å². The molecule has 1 unspecified atom stereocenters. The van der Waals surface area contributed by atoms with Crippen molar-refractivity contribution in [3.05, 3.63) is 88.4 Å². The van der Waals surface area contributed by atoms with Crippen molar-refractivity contribution in [2.45, 2.75) is 31.2 Å². The molecule has 4 rings (SSSR count). The van der Waals surface area contributed by atoms with E-state index in [1.807, 2.05) is 44.2 Å². The molecular formula is C23H21ClN2O3S. The third-order valence-corrected chi connectivity index (χ3v) is 7.41. The van der Waals surface area contributed by atoms with Crippen LogP contribution in [0.3, 0.4) is 0 Å². The molecule has 154 valence electrons. The van der Waals surface area contributed by atoms with Gasteiger partial charge in [-0.1, -0.05) is 41.9 Å². The normalized spacial score (nSPS) is 15.7. The van der Waals surface area contributed by atoms with Crippen LogP contribution < -0.4 is 9.62 Å². The first kappa shape index (κ1) is 20.4. The zero-order chi connectivity index (χ0) is 21.5. The van der Waals surface area contributed by atoms with Crippen LogP contribution in [0.1, 0.15) is 28.4 Å². The molecule has 0 spiro atoms. The number of nitrogens with zero attached hydrogens (tertiary/aromatic N) is 1. The number of aryl methyl sites for hydroxylation is 1. The Hall–Kier alpha value is -2.83. The highest BCUT2D eigenvalue weighted by molar-refractivity contribution is 7.92. The van der Waals surface area contributed by atoms with Crippen LogP contribution in [0.15, 0.2) is 71.6 Å². The number of benzene rings is 3. The van der Waals surface area contributed by atoms with Crippen molar-refractivity contribution in [2.75, 3.05) is 9.62 Å². The second-order valence-electron chi connectivity index (χ2n) is 7.45. The number of nitrogens with one attached hydrogen (secondary N) is 1. The number of hydrogen-bond acceptors (Lipinski definition) is 3. The van der Waals surface area contributed by atoms with Gasteiger partial charge in [-0.3, -0.25) is 9.10 Å². The van der Waals surface area contributed by atoms with Gasteiger partial charge in [-0.2, -0.15) is 0 Å². The lowest BCUT2D eigenvalue weighted by Crippen LogP contribution is -2.35. The van der Waals surface area contributed by atoms with Gasteiger partial charge in [-0.15, -0.1) is 0 Å². The summed E-state index contributed by atoms with van der Waals surface area (Å²) in [7, 11) is -3.82. The monoisotopic (exact) mass is 440 g/mol. The maximum atomic E-state index is 13.4. The number of amides is 1. The number of fused-ring (bicyclic) bond motifs is 1. The lowest BCUT2D eigenvalue weighted by atomic mass is 10.1. The predicted octanol–water partition coefficient (Wildman–Crippen LogP) is 5.04. The standard InChI is InChI=1S/C23H21ClN2O3S/c1-15-10-11-21(20(24)12-15)25-23(27)18-7-5-8-19(14-18)30(28,29)26-16(2)13-17-6-3-4-9-22(17)26/h3-12,14,16H,13H2,1-2H3,(H,25,27). The molecule has 1 aliphatic rings. The molecule has 1 heterocycles. The van der Waals surface area contributed by atoms with Crippen molar-refractivity contribution in [1.29, 1.82) is 0 Å². The zero-order valence-corrected chi connectivity index (χ0v) is 18.2. The first-order valence-electron chi connectivity index (χ1n) is 9.57. The Morgan fingerprint density at radius 1 is 1.07 bits per heavy atom. The summed E-state index contributed by atoms with van der Waals surface area (Å²) in [6.07, 6.45) is 0.654. The van der Waals surface area contributed by atoms with Gasteiger partial charge in [0.1, 0.15) is 0 Å². The molecular weight excluding hydrogens is 420 g/mol. The minimum Gasteiger partial charge on any atom is -0.321 e. The van der Waals surface area contributed by atoms with E-state index in [0.29, 0.717) is 22.8 Å². The van der Waals surface area contributed by atoms with Gasteiger partial charge in [0.2, 0.25) is 0 Å². The summed E-state index contributed by atoms with van der Waals surface area (Å²) < 4.78 is 28.3. The SMILES string of the molecule is Cc1ccc(NC(=O)c2cccc(S(=O)(=O)N3c4ccccc4CC3C)c2)c(Cl)c1. The van der Waals surface area contributed by atoms with Crippen LogP contribution in [0, 0.1) is 6.92 Å². The molecule has 1 aliphatic heterocycles. The molecule has 0 fully saturated rings. The molecule has 7 heteroatoms. The number of anilines is 2. The van der Waals surface area contributed by atoms with E-state index in [1.165, 1.54) is 16.4 Å². The summed E-state index contributed by atoms with van der Waals surface area (Å²) in [6, 6.07) is 18.7. The molecule has 3 aromatic rings. The van der Waals surface area contributed by atoms with Crippen molar-refractivity contribution in [3.63, 3.8) is 0 Å². The molecule has 30 heavy (non-hydrogen) atoms. The largest absolute Gasteiger partial charge is 0.321 e. The van der Waals surface area contributed by atoms with Gasteiger partial charge >= 0.3 is 0 Å². The van der Waals surface area contributed by atoms with Gasteiger partial charge in [0.15, 0.2) is 0 Å². The molecule has 1 N–H and O–H groups in total.